The number of amides is 1. The van der Waals surface area contributed by atoms with Crippen LogP contribution in [0.3, 0.4) is 0 Å². The molecule has 5 heteroatoms. The maximum absolute atomic E-state index is 11.9. The van der Waals surface area contributed by atoms with Crippen LogP contribution in [0.4, 0.5) is 0 Å². The largest absolute Gasteiger partial charge is 0.496 e. The lowest BCUT2D eigenvalue weighted by Crippen LogP contribution is -2.31. The summed E-state index contributed by atoms with van der Waals surface area (Å²) in [5.41, 5.74) is 1.23. The van der Waals surface area contributed by atoms with Crippen molar-refractivity contribution >= 4 is 11.9 Å². The SMILES string of the molecule is COc1cccc(C(=O)NCC(C)C(=O)O)c1C. The molecule has 0 aromatic heterocycles. The molecular weight excluding hydrogens is 234 g/mol. The molecule has 1 unspecified atom stereocenters. The van der Waals surface area contributed by atoms with Gasteiger partial charge in [0, 0.05) is 17.7 Å². The van der Waals surface area contributed by atoms with Crippen LogP contribution in [0, 0.1) is 12.8 Å². The Bertz CT molecular complexity index is 456. The van der Waals surface area contributed by atoms with Gasteiger partial charge in [0.2, 0.25) is 0 Å². The third-order valence-electron chi connectivity index (χ3n) is 2.74. The summed E-state index contributed by atoms with van der Waals surface area (Å²) in [6, 6.07) is 5.17. The molecular formula is C13H17NO4. The molecule has 1 aromatic rings. The van der Waals surface area contributed by atoms with Gasteiger partial charge in [-0.1, -0.05) is 13.0 Å². The van der Waals surface area contributed by atoms with Gasteiger partial charge in [0.15, 0.2) is 0 Å². The van der Waals surface area contributed by atoms with Gasteiger partial charge < -0.3 is 15.2 Å². The summed E-state index contributed by atoms with van der Waals surface area (Å²) in [7, 11) is 1.54. The van der Waals surface area contributed by atoms with E-state index in [0.29, 0.717) is 11.3 Å². The maximum Gasteiger partial charge on any atom is 0.308 e. The van der Waals surface area contributed by atoms with Crippen LogP contribution in [0.2, 0.25) is 0 Å². The Balaban J connectivity index is 2.76. The normalized spacial score (nSPS) is 11.7. The van der Waals surface area contributed by atoms with Gasteiger partial charge >= 0.3 is 5.97 Å². The van der Waals surface area contributed by atoms with Crippen LogP contribution in [0.5, 0.6) is 5.75 Å². The zero-order valence-corrected chi connectivity index (χ0v) is 10.7. The number of carboxylic acids is 1. The highest BCUT2D eigenvalue weighted by molar-refractivity contribution is 5.96. The molecule has 0 heterocycles. The number of nitrogens with one attached hydrogen (secondary N) is 1. The summed E-state index contributed by atoms with van der Waals surface area (Å²) in [6.45, 7) is 3.43. The van der Waals surface area contributed by atoms with E-state index in [4.69, 9.17) is 9.84 Å². The minimum atomic E-state index is -0.933. The van der Waals surface area contributed by atoms with Crippen molar-refractivity contribution in [3.63, 3.8) is 0 Å². The van der Waals surface area contributed by atoms with E-state index in [1.807, 2.05) is 0 Å². The predicted molar refractivity (Wildman–Crippen MR) is 66.9 cm³/mol. The summed E-state index contributed by atoms with van der Waals surface area (Å²) in [4.78, 5) is 22.5. The fourth-order valence-corrected chi connectivity index (χ4v) is 1.51. The van der Waals surface area contributed by atoms with Crippen LogP contribution < -0.4 is 10.1 Å². The summed E-state index contributed by atoms with van der Waals surface area (Å²) >= 11 is 0. The molecule has 1 amide bonds. The third kappa shape index (κ3) is 3.23. The Morgan fingerprint density at radius 3 is 2.67 bits per heavy atom. The molecule has 0 spiro atoms. The van der Waals surface area contributed by atoms with Crippen molar-refractivity contribution in [3.8, 4) is 5.75 Å². The number of aliphatic carboxylic acids is 1. The molecule has 0 aliphatic heterocycles. The molecule has 1 aromatic carbocycles. The first-order chi connectivity index (χ1) is 8.47. The van der Waals surface area contributed by atoms with Gasteiger partial charge in [-0.15, -0.1) is 0 Å². The zero-order chi connectivity index (χ0) is 13.7. The fraction of sp³-hybridized carbons (Fsp3) is 0.385. The molecule has 0 aliphatic carbocycles. The lowest BCUT2D eigenvalue weighted by atomic mass is 10.1. The number of ether oxygens (including phenoxy) is 1. The van der Waals surface area contributed by atoms with Crippen molar-refractivity contribution in [2.75, 3.05) is 13.7 Å². The molecule has 1 atom stereocenters. The van der Waals surface area contributed by atoms with E-state index < -0.39 is 11.9 Å². The van der Waals surface area contributed by atoms with Crippen LogP contribution >= 0.6 is 0 Å². The monoisotopic (exact) mass is 251 g/mol. The number of carbonyl (C=O) groups excluding carboxylic acids is 1. The number of carboxylic acid groups (broad SMARTS) is 1. The minimum Gasteiger partial charge on any atom is -0.496 e. The third-order valence-corrected chi connectivity index (χ3v) is 2.74. The van der Waals surface area contributed by atoms with Crippen LogP contribution in [0.1, 0.15) is 22.8 Å². The van der Waals surface area contributed by atoms with Crippen molar-refractivity contribution in [1.82, 2.24) is 5.32 Å². The number of carbonyl (C=O) groups is 2. The lowest BCUT2D eigenvalue weighted by Gasteiger charge is -2.12. The lowest BCUT2D eigenvalue weighted by molar-refractivity contribution is -0.140. The van der Waals surface area contributed by atoms with Crippen molar-refractivity contribution in [2.45, 2.75) is 13.8 Å². The zero-order valence-electron chi connectivity index (χ0n) is 10.7. The average Bonchev–Trinajstić information content (AvgIpc) is 2.35. The van der Waals surface area contributed by atoms with Gasteiger partial charge in [-0.25, -0.2) is 0 Å². The van der Waals surface area contributed by atoms with Gasteiger partial charge in [-0.3, -0.25) is 9.59 Å². The number of hydrogen-bond acceptors (Lipinski definition) is 3. The van der Waals surface area contributed by atoms with E-state index in [2.05, 4.69) is 5.32 Å². The van der Waals surface area contributed by atoms with Crippen molar-refractivity contribution in [2.24, 2.45) is 5.92 Å². The van der Waals surface area contributed by atoms with Gasteiger partial charge in [0.05, 0.1) is 13.0 Å². The molecule has 0 fully saturated rings. The molecule has 1 rings (SSSR count). The molecule has 18 heavy (non-hydrogen) atoms. The first-order valence-electron chi connectivity index (χ1n) is 5.62. The van der Waals surface area contributed by atoms with E-state index in [0.717, 1.165) is 5.56 Å². The molecule has 0 radical (unpaired) electrons. The number of benzene rings is 1. The van der Waals surface area contributed by atoms with Crippen LogP contribution in [-0.2, 0) is 4.79 Å². The number of rotatable bonds is 5. The fourth-order valence-electron chi connectivity index (χ4n) is 1.51. The summed E-state index contributed by atoms with van der Waals surface area (Å²) in [6.07, 6.45) is 0. The molecule has 5 nitrogen and oxygen atoms in total. The summed E-state index contributed by atoms with van der Waals surface area (Å²) in [5.74, 6) is -1.20. The van der Waals surface area contributed by atoms with E-state index >= 15 is 0 Å². The van der Waals surface area contributed by atoms with Gasteiger partial charge in [0.25, 0.3) is 5.91 Å². The first-order valence-corrected chi connectivity index (χ1v) is 5.62. The molecule has 0 saturated carbocycles. The number of methoxy groups -OCH3 is 1. The minimum absolute atomic E-state index is 0.102. The number of hydrogen-bond donors (Lipinski definition) is 2. The summed E-state index contributed by atoms with van der Waals surface area (Å²) in [5, 5.41) is 11.3. The quantitative estimate of drug-likeness (QED) is 0.830. The van der Waals surface area contributed by atoms with Crippen LogP contribution in [0.25, 0.3) is 0 Å². The second kappa shape index (κ2) is 6.05. The van der Waals surface area contributed by atoms with E-state index in [-0.39, 0.29) is 12.5 Å². The Hall–Kier alpha value is -2.04. The van der Waals surface area contributed by atoms with E-state index in [1.165, 1.54) is 7.11 Å². The van der Waals surface area contributed by atoms with Gasteiger partial charge in [-0.05, 0) is 19.1 Å². The Morgan fingerprint density at radius 1 is 1.44 bits per heavy atom. The first kappa shape index (κ1) is 14.0. The Morgan fingerprint density at radius 2 is 2.11 bits per heavy atom. The second-order valence-corrected chi connectivity index (χ2v) is 4.08. The van der Waals surface area contributed by atoms with Crippen molar-refractivity contribution < 1.29 is 19.4 Å². The highest BCUT2D eigenvalue weighted by atomic mass is 16.5. The topological polar surface area (TPSA) is 75.6 Å². The van der Waals surface area contributed by atoms with Crippen LogP contribution in [-0.4, -0.2) is 30.6 Å². The standard InChI is InChI=1S/C13H17NO4/c1-8(13(16)17)7-14-12(15)10-5-4-6-11(18-3)9(10)2/h4-6,8H,7H2,1-3H3,(H,14,15)(H,16,17). The highest BCUT2D eigenvalue weighted by Crippen LogP contribution is 2.20. The molecule has 98 valence electrons. The predicted octanol–water partition coefficient (Wildman–Crippen LogP) is 1.45. The van der Waals surface area contributed by atoms with Crippen LogP contribution in [0.15, 0.2) is 18.2 Å². The van der Waals surface area contributed by atoms with E-state index in [9.17, 15) is 9.59 Å². The summed E-state index contributed by atoms with van der Waals surface area (Å²) < 4.78 is 5.13. The van der Waals surface area contributed by atoms with Gasteiger partial charge in [-0.2, -0.15) is 0 Å². The van der Waals surface area contributed by atoms with Crippen molar-refractivity contribution in [3.05, 3.63) is 29.3 Å². The molecule has 0 saturated heterocycles. The molecule has 0 aliphatic rings. The average molecular weight is 251 g/mol. The highest BCUT2D eigenvalue weighted by Gasteiger charge is 2.15. The molecule has 2 N–H and O–H groups in total. The smallest absolute Gasteiger partial charge is 0.308 e. The maximum atomic E-state index is 11.9. The Labute approximate surface area is 106 Å². The van der Waals surface area contributed by atoms with E-state index in [1.54, 1.807) is 32.0 Å². The Kier molecular flexibility index (Phi) is 4.71. The second-order valence-electron chi connectivity index (χ2n) is 4.08. The van der Waals surface area contributed by atoms with Gasteiger partial charge in [0.1, 0.15) is 5.75 Å². The molecule has 0 bridgehead atoms. The van der Waals surface area contributed by atoms with Crippen molar-refractivity contribution in [1.29, 1.82) is 0 Å².